The summed E-state index contributed by atoms with van der Waals surface area (Å²) in [6.45, 7) is 8.22. The first-order valence-electron chi connectivity index (χ1n) is 16.5. The molecular weight excluding hydrogens is 577 g/mol. The molecule has 4 aliphatic rings. The number of carbonyl (C=O) groups excluding carboxylic acids is 1. The first-order chi connectivity index (χ1) is 21.8. The highest BCUT2D eigenvalue weighted by molar-refractivity contribution is 5.97. The molecule has 0 bridgehead atoms. The summed E-state index contributed by atoms with van der Waals surface area (Å²) >= 11 is 0. The smallest absolute Gasteiger partial charge is 0.407 e. The Morgan fingerprint density at radius 1 is 1.00 bits per heavy atom. The third-order valence-corrected chi connectivity index (χ3v) is 10.1. The largest absolute Gasteiger partial charge is 0.474 e. The van der Waals surface area contributed by atoms with Gasteiger partial charge < -0.3 is 19.5 Å². The summed E-state index contributed by atoms with van der Waals surface area (Å²) in [5.74, 6) is 0.514. The first-order valence-corrected chi connectivity index (χ1v) is 16.5. The number of carboxylic acid groups (broad SMARTS) is 1. The molecule has 1 saturated carbocycles. The molecule has 1 N–H and O–H groups in total. The van der Waals surface area contributed by atoms with Crippen LogP contribution in [0.15, 0.2) is 36.5 Å². The van der Waals surface area contributed by atoms with Gasteiger partial charge in [-0.05, 0) is 68.4 Å². The van der Waals surface area contributed by atoms with E-state index in [0.29, 0.717) is 63.4 Å². The number of anilines is 1. The van der Waals surface area contributed by atoms with Crippen molar-refractivity contribution in [1.29, 1.82) is 0 Å². The standard InChI is InChI=1S/C34H46FN5O5/c1-23-17-38(29(19-39(23)34(42)43)18-37-12-13-44-21-24(37)2)20-32(41)40-30-15-26(14-25-8-10-28(35)11-9-25)16-36-33(30)45-22-31(40)27-6-4-3-5-7-27/h8-11,15-16,23-24,27,29,31H,3-7,12-14,17-22H2,1-2H3,(H,42,43)/t23-,24-,29+,31-/m1/s1. The lowest BCUT2D eigenvalue weighted by Crippen LogP contribution is -2.64. The molecule has 2 aromatic rings. The lowest BCUT2D eigenvalue weighted by molar-refractivity contribution is -0.123. The summed E-state index contributed by atoms with van der Waals surface area (Å²) in [5, 5.41) is 9.95. The Morgan fingerprint density at radius 2 is 1.78 bits per heavy atom. The maximum atomic E-state index is 14.6. The fraction of sp³-hybridized carbons (Fsp3) is 0.618. The number of piperazine rings is 1. The van der Waals surface area contributed by atoms with Crippen molar-refractivity contribution in [2.24, 2.45) is 5.92 Å². The number of nitrogens with zero attached hydrogens (tertiary/aromatic N) is 5. The van der Waals surface area contributed by atoms with Crippen LogP contribution in [0, 0.1) is 11.7 Å². The second kappa shape index (κ2) is 14.0. The topological polar surface area (TPSA) is 98.7 Å². The molecule has 0 radical (unpaired) electrons. The van der Waals surface area contributed by atoms with E-state index in [1.54, 1.807) is 18.3 Å². The van der Waals surface area contributed by atoms with Crippen LogP contribution in [-0.4, -0.2) is 114 Å². The van der Waals surface area contributed by atoms with Gasteiger partial charge in [0.05, 0.1) is 25.8 Å². The van der Waals surface area contributed by atoms with E-state index in [0.717, 1.165) is 43.4 Å². The van der Waals surface area contributed by atoms with Gasteiger partial charge in [0, 0.05) is 50.5 Å². The van der Waals surface area contributed by atoms with Crippen LogP contribution in [-0.2, 0) is 16.0 Å². The molecule has 4 atom stereocenters. The van der Waals surface area contributed by atoms with Crippen molar-refractivity contribution in [2.45, 2.75) is 76.5 Å². The van der Waals surface area contributed by atoms with Gasteiger partial charge in [-0.2, -0.15) is 0 Å². The fourth-order valence-corrected chi connectivity index (χ4v) is 7.60. The molecule has 244 valence electrons. The number of aromatic nitrogens is 1. The molecule has 3 fully saturated rings. The lowest BCUT2D eigenvalue weighted by Gasteiger charge is -2.48. The third-order valence-electron chi connectivity index (χ3n) is 10.1. The third kappa shape index (κ3) is 7.26. The summed E-state index contributed by atoms with van der Waals surface area (Å²) in [4.78, 5) is 39.4. The molecule has 11 heteroatoms. The fourth-order valence-electron chi connectivity index (χ4n) is 7.60. The maximum Gasteiger partial charge on any atom is 0.407 e. The van der Waals surface area contributed by atoms with Crippen LogP contribution in [0.2, 0.25) is 0 Å². The summed E-state index contributed by atoms with van der Waals surface area (Å²) in [7, 11) is 0. The van der Waals surface area contributed by atoms with Crippen molar-refractivity contribution in [2.75, 3.05) is 57.4 Å². The van der Waals surface area contributed by atoms with Crippen LogP contribution in [0.25, 0.3) is 0 Å². The average molecular weight is 624 g/mol. The number of morpholine rings is 1. The minimum absolute atomic E-state index is 0.00754. The minimum Gasteiger partial charge on any atom is -0.474 e. The van der Waals surface area contributed by atoms with E-state index < -0.39 is 6.09 Å². The van der Waals surface area contributed by atoms with Crippen molar-refractivity contribution >= 4 is 17.7 Å². The Kier molecular flexibility index (Phi) is 9.87. The highest BCUT2D eigenvalue weighted by atomic mass is 19.1. The number of ether oxygens (including phenoxy) is 2. The number of amides is 2. The van der Waals surface area contributed by atoms with Gasteiger partial charge in [0.15, 0.2) is 0 Å². The van der Waals surface area contributed by atoms with E-state index in [1.165, 1.54) is 23.5 Å². The number of benzene rings is 1. The molecule has 6 rings (SSSR count). The van der Waals surface area contributed by atoms with Crippen LogP contribution >= 0.6 is 0 Å². The number of hydrogen-bond acceptors (Lipinski definition) is 7. The number of carbonyl (C=O) groups is 2. The highest BCUT2D eigenvalue weighted by Gasteiger charge is 2.42. The SMILES string of the molecule is C[C@@H]1COCCN1C[C@H]1CN(C(=O)O)[C@H](C)CN1CC(=O)N1c2cc(Cc3ccc(F)cc3)cnc2OC[C@@H]1C1CCCCC1. The molecule has 4 heterocycles. The quantitative estimate of drug-likeness (QED) is 0.489. The van der Waals surface area contributed by atoms with E-state index in [1.807, 2.05) is 17.9 Å². The molecule has 45 heavy (non-hydrogen) atoms. The van der Waals surface area contributed by atoms with Gasteiger partial charge in [-0.1, -0.05) is 31.4 Å². The molecule has 10 nitrogen and oxygen atoms in total. The predicted molar refractivity (Wildman–Crippen MR) is 168 cm³/mol. The lowest BCUT2D eigenvalue weighted by atomic mass is 9.83. The van der Waals surface area contributed by atoms with Crippen molar-refractivity contribution in [3.05, 3.63) is 53.5 Å². The Labute approximate surface area is 265 Å². The van der Waals surface area contributed by atoms with E-state index in [4.69, 9.17) is 9.47 Å². The summed E-state index contributed by atoms with van der Waals surface area (Å²) in [6.07, 6.45) is 7.03. The summed E-state index contributed by atoms with van der Waals surface area (Å²) in [5.41, 5.74) is 2.58. The molecule has 1 aromatic carbocycles. The molecule has 2 amide bonds. The molecule has 0 spiro atoms. The number of halogens is 1. The van der Waals surface area contributed by atoms with Gasteiger partial charge in [-0.25, -0.2) is 14.2 Å². The number of rotatable bonds is 7. The molecular formula is C34H46FN5O5. The normalized spacial score (nSPS) is 26.7. The summed E-state index contributed by atoms with van der Waals surface area (Å²) in [6, 6.07) is 8.23. The van der Waals surface area contributed by atoms with Gasteiger partial charge in [-0.15, -0.1) is 0 Å². The number of fused-ring (bicyclic) bond motifs is 1. The van der Waals surface area contributed by atoms with Crippen LogP contribution < -0.4 is 9.64 Å². The molecule has 1 aromatic heterocycles. The van der Waals surface area contributed by atoms with Crippen LogP contribution in [0.1, 0.15) is 57.1 Å². The number of hydrogen-bond donors (Lipinski definition) is 1. The molecule has 1 aliphatic carbocycles. The van der Waals surface area contributed by atoms with Crippen LogP contribution in [0.4, 0.5) is 14.9 Å². The van der Waals surface area contributed by atoms with E-state index in [2.05, 4.69) is 21.7 Å². The van der Waals surface area contributed by atoms with Gasteiger partial charge >= 0.3 is 6.09 Å². The van der Waals surface area contributed by atoms with E-state index in [9.17, 15) is 19.1 Å². The van der Waals surface area contributed by atoms with Gasteiger partial charge in [0.2, 0.25) is 11.8 Å². The highest BCUT2D eigenvalue weighted by Crippen LogP contribution is 2.39. The zero-order valence-corrected chi connectivity index (χ0v) is 26.4. The van der Waals surface area contributed by atoms with Crippen molar-refractivity contribution in [3.63, 3.8) is 0 Å². The maximum absolute atomic E-state index is 14.6. The zero-order valence-electron chi connectivity index (χ0n) is 26.4. The minimum atomic E-state index is -0.923. The summed E-state index contributed by atoms with van der Waals surface area (Å²) < 4.78 is 25.4. The van der Waals surface area contributed by atoms with Crippen LogP contribution in [0.5, 0.6) is 5.88 Å². The Balaban J connectivity index is 1.28. The second-order valence-electron chi connectivity index (χ2n) is 13.3. The van der Waals surface area contributed by atoms with Crippen molar-refractivity contribution < 1.29 is 28.6 Å². The van der Waals surface area contributed by atoms with Crippen LogP contribution in [0.3, 0.4) is 0 Å². The van der Waals surface area contributed by atoms with Gasteiger partial charge in [0.25, 0.3) is 0 Å². The van der Waals surface area contributed by atoms with Gasteiger partial charge in [0.1, 0.15) is 18.1 Å². The zero-order chi connectivity index (χ0) is 31.5. The first kappa shape index (κ1) is 31.7. The Bertz CT molecular complexity index is 1340. The van der Waals surface area contributed by atoms with E-state index >= 15 is 0 Å². The monoisotopic (exact) mass is 623 g/mol. The van der Waals surface area contributed by atoms with E-state index in [-0.39, 0.29) is 42.4 Å². The predicted octanol–water partition coefficient (Wildman–Crippen LogP) is 4.26. The molecule has 3 aliphatic heterocycles. The van der Waals surface area contributed by atoms with Crippen molar-refractivity contribution in [1.82, 2.24) is 19.7 Å². The molecule has 0 unspecified atom stereocenters. The molecule has 2 saturated heterocycles. The Hall–Kier alpha value is -3.28. The van der Waals surface area contributed by atoms with Gasteiger partial charge in [-0.3, -0.25) is 19.5 Å². The average Bonchev–Trinajstić information content (AvgIpc) is 3.04. The van der Waals surface area contributed by atoms with Crippen molar-refractivity contribution in [3.8, 4) is 5.88 Å². The second-order valence-corrected chi connectivity index (χ2v) is 13.3. The number of pyridine rings is 1. The Morgan fingerprint density at radius 3 is 2.51 bits per heavy atom.